The number of anilines is 1. The Morgan fingerprint density at radius 2 is 1.41 bits per heavy atom. The second kappa shape index (κ2) is 15.8. The number of esters is 2. The summed E-state index contributed by atoms with van der Waals surface area (Å²) in [5, 5.41) is 0. The summed E-state index contributed by atoms with van der Waals surface area (Å²) < 4.78 is 21.0. The molecule has 0 aliphatic heterocycles. The van der Waals surface area contributed by atoms with Gasteiger partial charge in [-0.2, -0.15) is 0 Å². The van der Waals surface area contributed by atoms with Crippen molar-refractivity contribution in [3.05, 3.63) is 24.3 Å². The molecule has 0 heterocycles. The van der Waals surface area contributed by atoms with Crippen LogP contribution in [-0.2, 0) is 23.8 Å². The fourth-order valence-corrected chi connectivity index (χ4v) is 2.44. The maximum Gasteiger partial charge on any atom is 0.311 e. The molecular formula is C22H35NO6. The number of carbonyl (C=O) groups is 2. The highest BCUT2D eigenvalue weighted by Gasteiger charge is 2.10. The SMILES string of the molecule is CCCCCCOCCOCCOC(=O)CCC(=O)Oc1ccc(N(C)C)cc1. The largest absolute Gasteiger partial charge is 0.463 e. The number of rotatable bonds is 16. The first-order valence-corrected chi connectivity index (χ1v) is 10.3. The summed E-state index contributed by atoms with van der Waals surface area (Å²) in [5.41, 5.74) is 1.01. The van der Waals surface area contributed by atoms with Gasteiger partial charge in [0.25, 0.3) is 0 Å². The Bertz CT molecular complexity index is 573. The Morgan fingerprint density at radius 1 is 0.793 bits per heavy atom. The second-order valence-corrected chi connectivity index (χ2v) is 6.87. The first-order chi connectivity index (χ1) is 14.0. The van der Waals surface area contributed by atoms with Gasteiger partial charge in [0.15, 0.2) is 0 Å². The molecular weight excluding hydrogens is 374 g/mol. The third-order valence-corrected chi connectivity index (χ3v) is 4.12. The fraction of sp³-hybridized carbons (Fsp3) is 0.636. The molecule has 7 heteroatoms. The number of unbranched alkanes of at least 4 members (excludes halogenated alkanes) is 3. The number of nitrogens with zero attached hydrogens (tertiary/aromatic N) is 1. The Kier molecular flexibility index (Phi) is 13.5. The van der Waals surface area contributed by atoms with Crippen molar-refractivity contribution in [1.29, 1.82) is 0 Å². The van der Waals surface area contributed by atoms with E-state index in [-0.39, 0.29) is 19.4 Å². The minimum atomic E-state index is -0.466. The molecule has 164 valence electrons. The third-order valence-electron chi connectivity index (χ3n) is 4.12. The van der Waals surface area contributed by atoms with Gasteiger partial charge in [-0.15, -0.1) is 0 Å². The van der Waals surface area contributed by atoms with Crippen LogP contribution >= 0.6 is 0 Å². The van der Waals surface area contributed by atoms with E-state index in [4.69, 9.17) is 18.9 Å². The lowest BCUT2D eigenvalue weighted by atomic mass is 10.2. The zero-order chi connectivity index (χ0) is 21.3. The summed E-state index contributed by atoms with van der Waals surface area (Å²) in [6, 6.07) is 7.15. The van der Waals surface area contributed by atoms with Crippen molar-refractivity contribution >= 4 is 17.6 Å². The second-order valence-electron chi connectivity index (χ2n) is 6.87. The molecule has 1 rings (SSSR count). The van der Waals surface area contributed by atoms with Crippen molar-refractivity contribution < 1.29 is 28.5 Å². The van der Waals surface area contributed by atoms with Crippen LogP contribution in [0.15, 0.2) is 24.3 Å². The molecule has 0 aliphatic carbocycles. The standard InChI is InChI=1S/C22H35NO6/c1-4-5-6-7-14-26-15-16-27-17-18-28-21(24)12-13-22(25)29-20-10-8-19(9-11-20)23(2)3/h8-11H,4-7,12-18H2,1-3H3. The molecule has 0 aliphatic rings. The summed E-state index contributed by atoms with van der Waals surface area (Å²) in [5.74, 6) is -0.456. The quantitative estimate of drug-likeness (QED) is 0.235. The van der Waals surface area contributed by atoms with Gasteiger partial charge in [-0.3, -0.25) is 9.59 Å². The van der Waals surface area contributed by atoms with Crippen LogP contribution in [0, 0.1) is 0 Å². The van der Waals surface area contributed by atoms with Crippen molar-refractivity contribution in [2.45, 2.75) is 45.4 Å². The van der Waals surface area contributed by atoms with Crippen LogP contribution in [0.25, 0.3) is 0 Å². The van der Waals surface area contributed by atoms with Crippen molar-refractivity contribution in [1.82, 2.24) is 0 Å². The normalized spacial score (nSPS) is 10.6. The van der Waals surface area contributed by atoms with Gasteiger partial charge in [0.1, 0.15) is 12.4 Å². The van der Waals surface area contributed by atoms with Crippen LogP contribution in [0.3, 0.4) is 0 Å². The molecule has 0 spiro atoms. The maximum absolute atomic E-state index is 11.8. The highest BCUT2D eigenvalue weighted by molar-refractivity contribution is 5.79. The van der Waals surface area contributed by atoms with Crippen molar-refractivity contribution in [3.8, 4) is 5.75 Å². The van der Waals surface area contributed by atoms with E-state index in [1.165, 1.54) is 19.3 Å². The number of hydrogen-bond acceptors (Lipinski definition) is 7. The third kappa shape index (κ3) is 12.9. The van der Waals surface area contributed by atoms with Gasteiger partial charge in [0.2, 0.25) is 0 Å². The van der Waals surface area contributed by atoms with E-state index in [0.29, 0.717) is 25.6 Å². The highest BCUT2D eigenvalue weighted by Crippen LogP contribution is 2.18. The predicted octanol–water partition coefficient (Wildman–Crippen LogP) is 3.59. The van der Waals surface area contributed by atoms with Crippen molar-refractivity contribution in [3.63, 3.8) is 0 Å². The fourth-order valence-electron chi connectivity index (χ4n) is 2.44. The number of carbonyl (C=O) groups excluding carboxylic acids is 2. The van der Waals surface area contributed by atoms with E-state index >= 15 is 0 Å². The van der Waals surface area contributed by atoms with Gasteiger partial charge in [0, 0.05) is 26.4 Å². The van der Waals surface area contributed by atoms with Crippen LogP contribution in [0.4, 0.5) is 5.69 Å². The van der Waals surface area contributed by atoms with Crippen LogP contribution < -0.4 is 9.64 Å². The van der Waals surface area contributed by atoms with E-state index in [2.05, 4.69) is 6.92 Å². The minimum absolute atomic E-state index is 0.0184. The molecule has 0 N–H and O–H groups in total. The van der Waals surface area contributed by atoms with Crippen LogP contribution in [-0.4, -0.2) is 59.1 Å². The zero-order valence-electron chi connectivity index (χ0n) is 18.0. The predicted molar refractivity (Wildman–Crippen MR) is 112 cm³/mol. The lowest BCUT2D eigenvalue weighted by Gasteiger charge is -2.12. The number of ether oxygens (including phenoxy) is 4. The molecule has 0 atom stereocenters. The number of benzene rings is 1. The molecule has 7 nitrogen and oxygen atoms in total. The summed E-state index contributed by atoms with van der Waals surface area (Å²) in [6.45, 7) is 4.43. The summed E-state index contributed by atoms with van der Waals surface area (Å²) in [6.07, 6.45) is 4.69. The molecule has 0 radical (unpaired) electrons. The van der Waals surface area contributed by atoms with E-state index in [0.717, 1.165) is 18.7 Å². The summed E-state index contributed by atoms with van der Waals surface area (Å²) in [4.78, 5) is 25.4. The molecule has 1 aromatic carbocycles. The molecule has 0 saturated carbocycles. The Hall–Kier alpha value is -2.12. The molecule has 29 heavy (non-hydrogen) atoms. The minimum Gasteiger partial charge on any atom is -0.463 e. The smallest absolute Gasteiger partial charge is 0.311 e. The molecule has 0 aromatic heterocycles. The van der Waals surface area contributed by atoms with E-state index in [1.807, 2.05) is 31.1 Å². The van der Waals surface area contributed by atoms with Crippen molar-refractivity contribution in [2.75, 3.05) is 52.0 Å². The average molecular weight is 410 g/mol. The molecule has 0 bridgehead atoms. The van der Waals surface area contributed by atoms with Crippen LogP contribution in [0.1, 0.15) is 45.4 Å². The van der Waals surface area contributed by atoms with Gasteiger partial charge in [-0.1, -0.05) is 26.2 Å². The monoisotopic (exact) mass is 409 g/mol. The molecule has 0 amide bonds. The Morgan fingerprint density at radius 3 is 2.07 bits per heavy atom. The van der Waals surface area contributed by atoms with Crippen LogP contribution in [0.2, 0.25) is 0 Å². The zero-order valence-corrected chi connectivity index (χ0v) is 18.0. The van der Waals surface area contributed by atoms with Gasteiger partial charge >= 0.3 is 11.9 Å². The maximum atomic E-state index is 11.8. The number of hydrogen-bond donors (Lipinski definition) is 0. The Balaban J connectivity index is 2.00. The van der Waals surface area contributed by atoms with E-state index in [1.54, 1.807) is 12.1 Å². The van der Waals surface area contributed by atoms with Gasteiger partial charge < -0.3 is 23.8 Å². The lowest BCUT2D eigenvalue weighted by molar-refractivity contribution is -0.148. The molecule has 0 fully saturated rings. The molecule has 0 saturated heterocycles. The van der Waals surface area contributed by atoms with Crippen molar-refractivity contribution in [2.24, 2.45) is 0 Å². The van der Waals surface area contributed by atoms with Gasteiger partial charge in [-0.05, 0) is 30.7 Å². The Labute approximate surface area is 174 Å². The van der Waals surface area contributed by atoms with E-state index < -0.39 is 11.9 Å². The highest BCUT2D eigenvalue weighted by atomic mass is 16.6. The van der Waals surface area contributed by atoms with Gasteiger partial charge in [0.05, 0.1) is 32.7 Å². The average Bonchev–Trinajstić information content (AvgIpc) is 2.71. The first-order valence-electron chi connectivity index (χ1n) is 10.3. The summed E-state index contributed by atoms with van der Waals surface area (Å²) in [7, 11) is 3.86. The lowest BCUT2D eigenvalue weighted by Crippen LogP contribution is -2.15. The first kappa shape index (κ1) is 24.9. The van der Waals surface area contributed by atoms with Crippen LogP contribution in [0.5, 0.6) is 5.75 Å². The van der Waals surface area contributed by atoms with Gasteiger partial charge in [-0.25, -0.2) is 0 Å². The topological polar surface area (TPSA) is 74.3 Å². The molecule has 0 unspecified atom stereocenters. The summed E-state index contributed by atoms with van der Waals surface area (Å²) >= 11 is 0. The van der Waals surface area contributed by atoms with E-state index in [9.17, 15) is 9.59 Å². The molecule has 1 aromatic rings.